The van der Waals surface area contributed by atoms with Gasteiger partial charge in [0.1, 0.15) is 11.8 Å². The maximum absolute atomic E-state index is 13.5. The van der Waals surface area contributed by atoms with E-state index in [1.807, 2.05) is 6.92 Å². The van der Waals surface area contributed by atoms with Gasteiger partial charge < -0.3 is 10.1 Å². The molecular weight excluding hydrogens is 438 g/mol. The maximum Gasteiger partial charge on any atom is 0.242 e. The van der Waals surface area contributed by atoms with Crippen molar-refractivity contribution in [3.8, 4) is 5.75 Å². The summed E-state index contributed by atoms with van der Waals surface area (Å²) in [5.74, 6) is -2.38. The Morgan fingerprint density at radius 3 is 2.28 bits per heavy atom. The SMILES string of the molecule is CCOc1ccc(S(=O)(=O)NC(Cc2ccccc2)C(=O)Nc2ccc(F)c(F)c2)cc1. The van der Waals surface area contributed by atoms with Crippen LogP contribution in [0.25, 0.3) is 0 Å². The number of hydrogen-bond donors (Lipinski definition) is 2. The van der Waals surface area contributed by atoms with Crippen molar-refractivity contribution >= 4 is 21.6 Å². The van der Waals surface area contributed by atoms with E-state index >= 15 is 0 Å². The van der Waals surface area contributed by atoms with Crippen molar-refractivity contribution in [2.45, 2.75) is 24.3 Å². The molecule has 0 saturated heterocycles. The van der Waals surface area contributed by atoms with Crippen molar-refractivity contribution in [2.75, 3.05) is 11.9 Å². The molecule has 2 N–H and O–H groups in total. The van der Waals surface area contributed by atoms with Crippen LogP contribution in [0.2, 0.25) is 0 Å². The zero-order valence-electron chi connectivity index (χ0n) is 17.2. The number of ether oxygens (including phenoxy) is 1. The van der Waals surface area contributed by atoms with Crippen LogP contribution in [0.15, 0.2) is 77.7 Å². The van der Waals surface area contributed by atoms with E-state index in [1.54, 1.807) is 30.3 Å². The second-order valence-corrected chi connectivity index (χ2v) is 8.60. The van der Waals surface area contributed by atoms with E-state index in [0.29, 0.717) is 17.9 Å². The number of benzene rings is 3. The molecule has 3 rings (SSSR count). The first kappa shape index (κ1) is 23.4. The van der Waals surface area contributed by atoms with Gasteiger partial charge in [0.15, 0.2) is 11.6 Å². The fourth-order valence-electron chi connectivity index (χ4n) is 2.98. The lowest BCUT2D eigenvalue weighted by atomic mass is 10.1. The normalized spacial score (nSPS) is 12.2. The minimum absolute atomic E-state index is 0.00669. The van der Waals surface area contributed by atoms with Crippen molar-refractivity contribution in [1.29, 1.82) is 0 Å². The first-order valence-electron chi connectivity index (χ1n) is 9.83. The summed E-state index contributed by atoms with van der Waals surface area (Å²) in [6.45, 7) is 2.25. The van der Waals surface area contributed by atoms with Crippen LogP contribution in [-0.4, -0.2) is 27.0 Å². The van der Waals surface area contributed by atoms with Gasteiger partial charge >= 0.3 is 0 Å². The number of sulfonamides is 1. The highest BCUT2D eigenvalue weighted by Gasteiger charge is 2.26. The van der Waals surface area contributed by atoms with Crippen LogP contribution in [0.3, 0.4) is 0 Å². The van der Waals surface area contributed by atoms with E-state index in [2.05, 4.69) is 10.0 Å². The van der Waals surface area contributed by atoms with Crippen LogP contribution in [0.4, 0.5) is 14.5 Å². The number of hydrogen-bond acceptors (Lipinski definition) is 4. The first-order chi connectivity index (χ1) is 15.3. The van der Waals surface area contributed by atoms with Gasteiger partial charge in [0.25, 0.3) is 0 Å². The van der Waals surface area contributed by atoms with E-state index in [9.17, 15) is 22.0 Å². The molecule has 0 radical (unpaired) electrons. The Kier molecular flexibility index (Phi) is 7.55. The van der Waals surface area contributed by atoms with Crippen molar-refractivity contribution in [1.82, 2.24) is 4.72 Å². The van der Waals surface area contributed by atoms with Gasteiger partial charge in [-0.1, -0.05) is 30.3 Å². The van der Waals surface area contributed by atoms with Gasteiger partial charge in [-0.2, -0.15) is 4.72 Å². The molecule has 0 fully saturated rings. The predicted octanol–water partition coefficient (Wildman–Crippen LogP) is 3.89. The Morgan fingerprint density at radius 2 is 1.66 bits per heavy atom. The molecule has 3 aromatic carbocycles. The Morgan fingerprint density at radius 1 is 0.969 bits per heavy atom. The van der Waals surface area contributed by atoms with E-state index in [4.69, 9.17) is 4.74 Å². The quantitative estimate of drug-likeness (QED) is 0.507. The molecule has 32 heavy (non-hydrogen) atoms. The number of rotatable bonds is 9. The largest absolute Gasteiger partial charge is 0.494 e. The summed E-state index contributed by atoms with van der Waals surface area (Å²) < 4.78 is 60.2. The molecule has 1 atom stereocenters. The zero-order chi connectivity index (χ0) is 23.1. The fraction of sp³-hybridized carbons (Fsp3) is 0.174. The van der Waals surface area contributed by atoms with E-state index < -0.39 is 33.6 Å². The molecule has 0 bridgehead atoms. The highest BCUT2D eigenvalue weighted by Crippen LogP contribution is 2.18. The topological polar surface area (TPSA) is 84.5 Å². The van der Waals surface area contributed by atoms with E-state index in [-0.39, 0.29) is 17.0 Å². The van der Waals surface area contributed by atoms with Gasteiger partial charge in [-0.3, -0.25) is 4.79 Å². The molecule has 3 aromatic rings. The number of carbonyl (C=O) groups excluding carboxylic acids is 1. The Bertz CT molecular complexity index is 1170. The molecule has 0 aliphatic heterocycles. The average Bonchev–Trinajstić information content (AvgIpc) is 2.77. The molecule has 1 amide bonds. The van der Waals surface area contributed by atoms with Gasteiger partial charge in [0.05, 0.1) is 11.5 Å². The number of anilines is 1. The maximum atomic E-state index is 13.5. The van der Waals surface area contributed by atoms with Gasteiger partial charge in [0.2, 0.25) is 15.9 Å². The summed E-state index contributed by atoms with van der Waals surface area (Å²) in [5, 5.41) is 2.44. The van der Waals surface area contributed by atoms with Crippen LogP contribution < -0.4 is 14.8 Å². The lowest BCUT2D eigenvalue weighted by molar-refractivity contribution is -0.117. The highest BCUT2D eigenvalue weighted by molar-refractivity contribution is 7.89. The van der Waals surface area contributed by atoms with E-state index in [1.165, 1.54) is 30.3 Å². The summed E-state index contributed by atoms with van der Waals surface area (Å²) >= 11 is 0. The fourth-order valence-corrected chi connectivity index (χ4v) is 4.17. The van der Waals surface area contributed by atoms with Crippen molar-refractivity contribution in [3.63, 3.8) is 0 Å². The molecule has 0 aliphatic carbocycles. The first-order valence-corrected chi connectivity index (χ1v) is 11.3. The van der Waals surface area contributed by atoms with Gasteiger partial charge in [-0.05, 0) is 55.3 Å². The lowest BCUT2D eigenvalue weighted by Crippen LogP contribution is -2.45. The highest BCUT2D eigenvalue weighted by atomic mass is 32.2. The second-order valence-electron chi connectivity index (χ2n) is 6.89. The van der Waals surface area contributed by atoms with Crippen LogP contribution >= 0.6 is 0 Å². The molecule has 0 heterocycles. The summed E-state index contributed by atoms with van der Waals surface area (Å²) in [4.78, 5) is 12.8. The smallest absolute Gasteiger partial charge is 0.242 e. The molecule has 0 aliphatic rings. The molecular formula is C23H22F2N2O4S. The summed E-state index contributed by atoms with van der Waals surface area (Å²) in [6, 6.07) is 16.3. The molecule has 0 saturated carbocycles. The number of amides is 1. The van der Waals surface area contributed by atoms with Gasteiger partial charge in [-0.15, -0.1) is 0 Å². The van der Waals surface area contributed by atoms with Crippen LogP contribution in [0, 0.1) is 11.6 Å². The third kappa shape index (κ3) is 6.12. The average molecular weight is 461 g/mol. The molecule has 6 nitrogen and oxygen atoms in total. The number of carbonyl (C=O) groups is 1. The van der Waals surface area contributed by atoms with Crippen molar-refractivity contribution in [2.24, 2.45) is 0 Å². The van der Waals surface area contributed by atoms with Crippen LogP contribution in [-0.2, 0) is 21.2 Å². The number of halogens is 2. The van der Waals surface area contributed by atoms with Crippen LogP contribution in [0.5, 0.6) is 5.75 Å². The zero-order valence-corrected chi connectivity index (χ0v) is 18.0. The minimum atomic E-state index is -4.06. The summed E-state index contributed by atoms with van der Waals surface area (Å²) in [5.41, 5.74) is 0.722. The predicted molar refractivity (Wildman–Crippen MR) is 117 cm³/mol. The molecule has 168 valence electrons. The lowest BCUT2D eigenvalue weighted by Gasteiger charge is -2.19. The third-order valence-corrected chi connectivity index (χ3v) is 6.02. The Hall–Kier alpha value is -3.30. The molecule has 0 spiro atoms. The van der Waals surface area contributed by atoms with Gasteiger partial charge in [-0.25, -0.2) is 17.2 Å². The van der Waals surface area contributed by atoms with E-state index in [0.717, 1.165) is 12.1 Å². The summed E-state index contributed by atoms with van der Waals surface area (Å²) in [6.07, 6.45) is 0.0482. The second kappa shape index (κ2) is 10.3. The van der Waals surface area contributed by atoms with Crippen molar-refractivity contribution < 1.29 is 26.7 Å². The standard InChI is InChI=1S/C23H22F2N2O4S/c1-2-31-18-9-11-19(12-10-18)32(29,30)27-22(14-16-6-4-3-5-7-16)23(28)26-17-8-13-20(24)21(25)15-17/h3-13,15,22,27H,2,14H2,1H3,(H,26,28). The Labute approximate surface area is 185 Å². The van der Waals surface area contributed by atoms with Crippen LogP contribution in [0.1, 0.15) is 12.5 Å². The van der Waals surface area contributed by atoms with Gasteiger partial charge in [0, 0.05) is 11.8 Å². The minimum Gasteiger partial charge on any atom is -0.494 e. The monoisotopic (exact) mass is 460 g/mol. The number of nitrogens with one attached hydrogen (secondary N) is 2. The third-order valence-electron chi connectivity index (χ3n) is 4.53. The summed E-state index contributed by atoms with van der Waals surface area (Å²) in [7, 11) is -4.06. The van der Waals surface area contributed by atoms with Crippen molar-refractivity contribution in [3.05, 3.63) is 90.0 Å². The molecule has 0 aromatic heterocycles. The molecule has 9 heteroatoms. The Balaban J connectivity index is 1.84. The molecule has 1 unspecified atom stereocenters.